The Morgan fingerprint density at radius 3 is 2.89 bits per heavy atom. The number of carbonyl (C=O) groups excluding carboxylic acids is 2. The summed E-state index contributed by atoms with van der Waals surface area (Å²) >= 11 is 0. The summed E-state index contributed by atoms with van der Waals surface area (Å²) < 4.78 is 5.28. The highest BCUT2D eigenvalue weighted by Gasteiger charge is 2.32. The van der Waals surface area contributed by atoms with Gasteiger partial charge in [0.15, 0.2) is 0 Å². The third-order valence-corrected chi connectivity index (χ3v) is 2.92. The Morgan fingerprint density at radius 2 is 2.28 bits per heavy atom. The van der Waals surface area contributed by atoms with Gasteiger partial charge in [0, 0.05) is 25.6 Å². The molecule has 1 rings (SSSR count). The average Bonchev–Trinajstić information content (AvgIpc) is 2.36. The van der Waals surface area contributed by atoms with Gasteiger partial charge in [-0.3, -0.25) is 9.59 Å². The fourth-order valence-corrected chi connectivity index (χ4v) is 1.91. The molecule has 1 aliphatic rings. The third kappa shape index (κ3) is 4.27. The van der Waals surface area contributed by atoms with Gasteiger partial charge in [0.1, 0.15) is 6.04 Å². The van der Waals surface area contributed by atoms with E-state index in [0.717, 1.165) is 0 Å². The largest absolute Gasteiger partial charge is 0.377 e. The summed E-state index contributed by atoms with van der Waals surface area (Å²) in [5.41, 5.74) is 5.64. The molecular weight excluding hydrogens is 234 g/mol. The van der Waals surface area contributed by atoms with Crippen LogP contribution in [0.1, 0.15) is 26.7 Å². The molecule has 104 valence electrons. The van der Waals surface area contributed by atoms with Gasteiger partial charge < -0.3 is 20.7 Å². The first-order chi connectivity index (χ1) is 8.56. The maximum absolute atomic E-state index is 12.1. The predicted octanol–water partition coefficient (Wildman–Crippen LogP) is -0.523. The normalized spacial score (nSPS) is 21.5. The number of amides is 2. The minimum Gasteiger partial charge on any atom is -0.377 e. The Bertz CT molecular complexity index is 294. The smallest absolute Gasteiger partial charge is 0.245 e. The molecule has 0 aromatic heterocycles. The number of hydrogen-bond acceptors (Lipinski definition) is 4. The van der Waals surface area contributed by atoms with E-state index in [1.54, 1.807) is 4.90 Å². The first-order valence-corrected chi connectivity index (χ1v) is 6.46. The molecule has 0 bridgehead atoms. The van der Waals surface area contributed by atoms with E-state index < -0.39 is 6.04 Å². The molecule has 0 radical (unpaired) electrons. The standard InChI is InChI=1S/C12H23N3O3/c1-3-14-12(17)10-8-18-7-6-15(10)11(16)5-4-9(2)13/h9-10H,3-8,13H2,1-2H3,(H,14,17). The molecule has 2 unspecified atom stereocenters. The number of nitrogens with zero attached hydrogens (tertiary/aromatic N) is 1. The minimum atomic E-state index is -0.501. The van der Waals surface area contributed by atoms with Gasteiger partial charge in [-0.15, -0.1) is 0 Å². The highest BCUT2D eigenvalue weighted by molar-refractivity contribution is 5.88. The van der Waals surface area contributed by atoms with Gasteiger partial charge in [0.2, 0.25) is 11.8 Å². The quantitative estimate of drug-likeness (QED) is 0.694. The van der Waals surface area contributed by atoms with Crippen LogP contribution >= 0.6 is 0 Å². The van der Waals surface area contributed by atoms with Crippen molar-refractivity contribution in [2.75, 3.05) is 26.3 Å². The van der Waals surface area contributed by atoms with Gasteiger partial charge in [-0.2, -0.15) is 0 Å². The minimum absolute atomic E-state index is 0.00194. The van der Waals surface area contributed by atoms with Crippen LogP contribution in [0.5, 0.6) is 0 Å². The van der Waals surface area contributed by atoms with Crippen LogP contribution in [0.25, 0.3) is 0 Å². The first kappa shape index (κ1) is 14.9. The van der Waals surface area contributed by atoms with E-state index in [1.165, 1.54) is 0 Å². The summed E-state index contributed by atoms with van der Waals surface area (Å²) in [5, 5.41) is 2.73. The molecule has 1 heterocycles. The summed E-state index contributed by atoms with van der Waals surface area (Å²) in [4.78, 5) is 25.5. The molecule has 6 heteroatoms. The zero-order valence-corrected chi connectivity index (χ0v) is 11.1. The number of rotatable bonds is 5. The van der Waals surface area contributed by atoms with Crippen LogP contribution < -0.4 is 11.1 Å². The number of hydrogen-bond donors (Lipinski definition) is 2. The lowest BCUT2D eigenvalue weighted by Gasteiger charge is -2.34. The van der Waals surface area contributed by atoms with Crippen molar-refractivity contribution in [1.29, 1.82) is 0 Å². The van der Waals surface area contributed by atoms with Gasteiger partial charge in [-0.05, 0) is 20.3 Å². The molecule has 1 saturated heterocycles. The Hall–Kier alpha value is -1.14. The molecule has 2 atom stereocenters. The summed E-state index contributed by atoms with van der Waals surface area (Å²) in [6.45, 7) is 5.50. The average molecular weight is 257 g/mol. The molecule has 1 fully saturated rings. The van der Waals surface area contributed by atoms with Crippen molar-refractivity contribution in [2.24, 2.45) is 5.73 Å². The van der Waals surface area contributed by atoms with Crippen molar-refractivity contribution < 1.29 is 14.3 Å². The lowest BCUT2D eigenvalue weighted by Crippen LogP contribution is -2.55. The summed E-state index contributed by atoms with van der Waals surface area (Å²) in [7, 11) is 0. The molecule has 0 aliphatic carbocycles. The summed E-state index contributed by atoms with van der Waals surface area (Å²) in [6.07, 6.45) is 1.02. The van der Waals surface area contributed by atoms with Crippen LogP contribution in [-0.4, -0.2) is 55.1 Å². The Morgan fingerprint density at radius 1 is 1.56 bits per heavy atom. The van der Waals surface area contributed by atoms with Gasteiger partial charge in [-0.25, -0.2) is 0 Å². The SMILES string of the molecule is CCNC(=O)C1COCCN1C(=O)CCC(C)N. The van der Waals surface area contributed by atoms with Crippen molar-refractivity contribution in [2.45, 2.75) is 38.8 Å². The molecule has 3 N–H and O–H groups in total. The van der Waals surface area contributed by atoms with Gasteiger partial charge >= 0.3 is 0 Å². The van der Waals surface area contributed by atoms with Gasteiger partial charge in [0.25, 0.3) is 0 Å². The van der Waals surface area contributed by atoms with Crippen molar-refractivity contribution in [3.63, 3.8) is 0 Å². The zero-order chi connectivity index (χ0) is 13.5. The van der Waals surface area contributed by atoms with Crippen molar-refractivity contribution in [1.82, 2.24) is 10.2 Å². The van der Waals surface area contributed by atoms with E-state index >= 15 is 0 Å². The van der Waals surface area contributed by atoms with Crippen molar-refractivity contribution in [3.8, 4) is 0 Å². The molecule has 2 amide bonds. The Labute approximate surface area is 108 Å². The second-order valence-electron chi connectivity index (χ2n) is 4.59. The van der Waals surface area contributed by atoms with E-state index in [2.05, 4.69) is 5.32 Å². The van der Waals surface area contributed by atoms with Gasteiger partial charge in [-0.1, -0.05) is 0 Å². The van der Waals surface area contributed by atoms with Crippen LogP contribution in [0.3, 0.4) is 0 Å². The Balaban J connectivity index is 2.58. The van der Waals surface area contributed by atoms with Crippen molar-refractivity contribution >= 4 is 11.8 Å². The monoisotopic (exact) mass is 257 g/mol. The lowest BCUT2D eigenvalue weighted by atomic mass is 10.1. The van der Waals surface area contributed by atoms with Crippen LogP contribution in [0.15, 0.2) is 0 Å². The molecule has 0 aromatic carbocycles. The fourth-order valence-electron chi connectivity index (χ4n) is 1.91. The van der Waals surface area contributed by atoms with Crippen LogP contribution in [0.2, 0.25) is 0 Å². The number of ether oxygens (including phenoxy) is 1. The van der Waals surface area contributed by atoms with E-state index in [-0.39, 0.29) is 24.5 Å². The number of carbonyl (C=O) groups is 2. The maximum Gasteiger partial charge on any atom is 0.245 e. The second kappa shape index (κ2) is 7.33. The van der Waals surface area contributed by atoms with E-state index in [1.807, 2.05) is 13.8 Å². The number of nitrogens with two attached hydrogens (primary N) is 1. The predicted molar refractivity (Wildman–Crippen MR) is 67.9 cm³/mol. The summed E-state index contributed by atoms with van der Waals surface area (Å²) in [6, 6.07) is -0.503. The number of nitrogens with one attached hydrogen (secondary N) is 1. The van der Waals surface area contributed by atoms with Crippen LogP contribution in [0, 0.1) is 0 Å². The van der Waals surface area contributed by atoms with E-state index in [4.69, 9.17) is 10.5 Å². The number of likely N-dealkylation sites (N-methyl/N-ethyl adjacent to an activating group) is 1. The molecule has 1 aliphatic heterocycles. The molecule has 6 nitrogen and oxygen atoms in total. The Kier molecular flexibility index (Phi) is 6.07. The van der Waals surface area contributed by atoms with E-state index in [0.29, 0.717) is 32.5 Å². The molecule has 0 spiro atoms. The topological polar surface area (TPSA) is 84.7 Å². The molecule has 0 aromatic rings. The lowest BCUT2D eigenvalue weighted by molar-refractivity contribution is -0.148. The first-order valence-electron chi connectivity index (χ1n) is 6.46. The number of morpholine rings is 1. The molecule has 18 heavy (non-hydrogen) atoms. The molecular formula is C12H23N3O3. The fraction of sp³-hybridized carbons (Fsp3) is 0.833. The highest BCUT2D eigenvalue weighted by atomic mass is 16.5. The van der Waals surface area contributed by atoms with Crippen LogP contribution in [-0.2, 0) is 14.3 Å². The maximum atomic E-state index is 12.1. The molecule has 0 saturated carbocycles. The van der Waals surface area contributed by atoms with E-state index in [9.17, 15) is 9.59 Å². The van der Waals surface area contributed by atoms with Crippen LogP contribution in [0.4, 0.5) is 0 Å². The highest BCUT2D eigenvalue weighted by Crippen LogP contribution is 2.10. The summed E-state index contributed by atoms with van der Waals surface area (Å²) in [5.74, 6) is -0.168. The zero-order valence-electron chi connectivity index (χ0n) is 11.1. The van der Waals surface area contributed by atoms with Crippen molar-refractivity contribution in [3.05, 3.63) is 0 Å². The second-order valence-corrected chi connectivity index (χ2v) is 4.59. The third-order valence-electron chi connectivity index (χ3n) is 2.92. The van der Waals surface area contributed by atoms with Gasteiger partial charge in [0.05, 0.1) is 13.2 Å².